The van der Waals surface area contributed by atoms with E-state index in [9.17, 15) is 13.6 Å². The highest BCUT2D eigenvalue weighted by atomic mass is 19.1. The van der Waals surface area contributed by atoms with E-state index >= 15 is 0 Å². The van der Waals surface area contributed by atoms with Crippen LogP contribution < -0.4 is 5.73 Å². The van der Waals surface area contributed by atoms with Crippen LogP contribution >= 0.6 is 0 Å². The fourth-order valence-electron chi connectivity index (χ4n) is 1.90. The zero-order valence-corrected chi connectivity index (χ0v) is 10.2. The molecule has 0 bridgehead atoms. The molecule has 0 aliphatic rings. The molecule has 0 atom stereocenters. The van der Waals surface area contributed by atoms with Crippen LogP contribution in [-0.4, -0.2) is 5.78 Å². The smallest absolute Gasteiger partial charge is 0.169 e. The van der Waals surface area contributed by atoms with Gasteiger partial charge in [0.1, 0.15) is 11.6 Å². The van der Waals surface area contributed by atoms with Crippen molar-refractivity contribution < 1.29 is 13.6 Å². The van der Waals surface area contributed by atoms with Gasteiger partial charge in [-0.1, -0.05) is 18.2 Å². The van der Waals surface area contributed by atoms with E-state index in [1.807, 2.05) is 6.07 Å². The van der Waals surface area contributed by atoms with Gasteiger partial charge in [0.15, 0.2) is 5.78 Å². The first-order chi connectivity index (χ1) is 9.08. The Kier molecular flexibility index (Phi) is 3.90. The molecule has 0 radical (unpaired) electrons. The average molecular weight is 261 g/mol. The summed E-state index contributed by atoms with van der Waals surface area (Å²) >= 11 is 0. The highest BCUT2D eigenvalue weighted by Crippen LogP contribution is 2.16. The topological polar surface area (TPSA) is 43.1 Å². The van der Waals surface area contributed by atoms with Crippen LogP contribution in [0.4, 0.5) is 14.5 Å². The lowest BCUT2D eigenvalue weighted by molar-refractivity contribution is 0.0974. The SMILES string of the molecule is Nc1cccc(CCC(=O)c2c(F)cccc2F)c1. The number of nitrogen functional groups attached to an aromatic ring is 1. The lowest BCUT2D eigenvalue weighted by Gasteiger charge is -2.05. The maximum absolute atomic E-state index is 13.4. The van der Waals surface area contributed by atoms with Crippen LogP contribution in [0.15, 0.2) is 42.5 Å². The number of anilines is 1. The number of nitrogens with two attached hydrogens (primary N) is 1. The zero-order valence-electron chi connectivity index (χ0n) is 10.2. The van der Waals surface area contributed by atoms with Gasteiger partial charge in [0.2, 0.25) is 0 Å². The molecule has 0 aromatic heterocycles. The van der Waals surface area contributed by atoms with Gasteiger partial charge < -0.3 is 5.73 Å². The third-order valence-corrected chi connectivity index (χ3v) is 2.83. The second-order valence-electron chi connectivity index (χ2n) is 4.26. The van der Waals surface area contributed by atoms with Crippen molar-refractivity contribution in [2.24, 2.45) is 0 Å². The van der Waals surface area contributed by atoms with Gasteiger partial charge in [0.25, 0.3) is 0 Å². The normalized spacial score (nSPS) is 10.4. The summed E-state index contributed by atoms with van der Waals surface area (Å²) < 4.78 is 26.8. The molecular weight excluding hydrogens is 248 g/mol. The maximum atomic E-state index is 13.4. The number of hydrogen-bond donors (Lipinski definition) is 1. The average Bonchev–Trinajstić information content (AvgIpc) is 2.36. The van der Waals surface area contributed by atoms with E-state index in [4.69, 9.17) is 5.73 Å². The molecule has 0 aliphatic carbocycles. The first kappa shape index (κ1) is 13.2. The first-order valence-electron chi connectivity index (χ1n) is 5.89. The van der Waals surface area contributed by atoms with E-state index in [1.54, 1.807) is 18.2 Å². The van der Waals surface area contributed by atoms with Crippen LogP contribution in [0.1, 0.15) is 22.3 Å². The van der Waals surface area contributed by atoms with Crippen LogP contribution in [0.2, 0.25) is 0 Å². The maximum Gasteiger partial charge on any atom is 0.169 e. The Labute approximate surface area is 109 Å². The van der Waals surface area contributed by atoms with Gasteiger partial charge in [-0.05, 0) is 36.2 Å². The molecule has 4 heteroatoms. The summed E-state index contributed by atoms with van der Waals surface area (Å²) in [6.45, 7) is 0. The number of ketones is 1. The minimum Gasteiger partial charge on any atom is -0.399 e. The Morgan fingerprint density at radius 2 is 1.68 bits per heavy atom. The third-order valence-electron chi connectivity index (χ3n) is 2.83. The van der Waals surface area contributed by atoms with Gasteiger partial charge in [0, 0.05) is 12.1 Å². The Balaban J connectivity index is 2.10. The predicted molar refractivity (Wildman–Crippen MR) is 69.9 cm³/mol. The number of benzene rings is 2. The molecule has 0 amide bonds. The molecule has 0 saturated heterocycles. The van der Waals surface area contributed by atoms with Gasteiger partial charge >= 0.3 is 0 Å². The molecule has 2 aromatic rings. The molecule has 19 heavy (non-hydrogen) atoms. The minimum atomic E-state index is -0.822. The van der Waals surface area contributed by atoms with Gasteiger partial charge in [-0.2, -0.15) is 0 Å². The molecule has 2 aromatic carbocycles. The monoisotopic (exact) mass is 261 g/mol. The van der Waals surface area contributed by atoms with Crippen molar-refractivity contribution in [1.82, 2.24) is 0 Å². The molecule has 0 heterocycles. The number of carbonyl (C=O) groups excluding carboxylic acids is 1. The summed E-state index contributed by atoms with van der Waals surface area (Å²) in [5.41, 5.74) is 6.62. The highest BCUT2D eigenvalue weighted by molar-refractivity contribution is 5.96. The molecule has 0 saturated carbocycles. The predicted octanol–water partition coefficient (Wildman–Crippen LogP) is 3.36. The van der Waals surface area contributed by atoms with Gasteiger partial charge in [-0.15, -0.1) is 0 Å². The number of rotatable bonds is 4. The lowest BCUT2D eigenvalue weighted by Crippen LogP contribution is -2.07. The summed E-state index contributed by atoms with van der Waals surface area (Å²) in [6, 6.07) is 10.5. The molecule has 0 fully saturated rings. The Morgan fingerprint density at radius 1 is 1.05 bits per heavy atom. The van der Waals surface area contributed by atoms with Crippen LogP contribution in [0.25, 0.3) is 0 Å². The van der Waals surface area contributed by atoms with Crippen molar-refractivity contribution in [2.75, 3.05) is 5.73 Å². The first-order valence-corrected chi connectivity index (χ1v) is 5.89. The van der Waals surface area contributed by atoms with Gasteiger partial charge in [-0.25, -0.2) is 8.78 Å². The molecule has 0 spiro atoms. The number of aryl methyl sites for hydroxylation is 1. The van der Waals surface area contributed by atoms with Gasteiger partial charge in [0.05, 0.1) is 5.56 Å². The van der Waals surface area contributed by atoms with E-state index in [0.717, 1.165) is 17.7 Å². The van der Waals surface area contributed by atoms with Crippen molar-refractivity contribution >= 4 is 11.5 Å². The van der Waals surface area contributed by atoms with E-state index in [1.165, 1.54) is 6.07 Å². The fraction of sp³-hybridized carbons (Fsp3) is 0.133. The number of Topliss-reactive ketones (excluding diaryl/α,β-unsaturated/α-hetero) is 1. The molecule has 0 aliphatic heterocycles. The minimum absolute atomic E-state index is 0.0430. The highest BCUT2D eigenvalue weighted by Gasteiger charge is 2.16. The number of halogens is 2. The summed E-state index contributed by atoms with van der Waals surface area (Å²) in [5.74, 6) is -2.19. The second kappa shape index (κ2) is 5.61. The van der Waals surface area contributed by atoms with E-state index < -0.39 is 23.0 Å². The zero-order chi connectivity index (χ0) is 13.8. The number of hydrogen-bond acceptors (Lipinski definition) is 2. The van der Waals surface area contributed by atoms with Crippen LogP contribution in [0.5, 0.6) is 0 Å². The Morgan fingerprint density at radius 3 is 2.32 bits per heavy atom. The third kappa shape index (κ3) is 3.16. The summed E-state index contributed by atoms with van der Waals surface area (Å²) in [5, 5.41) is 0. The van der Waals surface area contributed by atoms with Gasteiger partial charge in [-0.3, -0.25) is 4.79 Å². The lowest BCUT2D eigenvalue weighted by atomic mass is 10.0. The standard InChI is InChI=1S/C15H13F2NO/c16-12-5-2-6-13(17)15(12)14(19)8-7-10-3-1-4-11(18)9-10/h1-6,9H,7-8,18H2. The van der Waals surface area contributed by atoms with Crippen molar-refractivity contribution in [1.29, 1.82) is 0 Å². The van der Waals surface area contributed by atoms with Crippen molar-refractivity contribution in [3.05, 3.63) is 65.2 Å². The summed E-state index contributed by atoms with van der Waals surface area (Å²) in [7, 11) is 0. The van der Waals surface area contributed by atoms with Crippen LogP contribution in [0.3, 0.4) is 0 Å². The van der Waals surface area contributed by atoms with Crippen LogP contribution in [-0.2, 0) is 6.42 Å². The number of carbonyl (C=O) groups is 1. The van der Waals surface area contributed by atoms with Crippen LogP contribution in [0, 0.1) is 11.6 Å². The Bertz CT molecular complexity index is 591. The molecule has 98 valence electrons. The summed E-state index contributed by atoms with van der Waals surface area (Å²) in [6.07, 6.45) is 0.443. The molecular formula is C15H13F2NO. The second-order valence-corrected chi connectivity index (χ2v) is 4.26. The molecule has 2 rings (SSSR count). The Hall–Kier alpha value is -2.23. The molecule has 2 N–H and O–H groups in total. The molecule has 2 nitrogen and oxygen atoms in total. The molecule has 0 unspecified atom stereocenters. The fourth-order valence-corrected chi connectivity index (χ4v) is 1.90. The summed E-state index contributed by atoms with van der Waals surface area (Å²) in [4.78, 5) is 11.8. The van der Waals surface area contributed by atoms with E-state index in [2.05, 4.69) is 0 Å². The van der Waals surface area contributed by atoms with Crippen molar-refractivity contribution in [2.45, 2.75) is 12.8 Å². The van der Waals surface area contributed by atoms with Crippen molar-refractivity contribution in [3.63, 3.8) is 0 Å². The quantitative estimate of drug-likeness (QED) is 0.677. The largest absolute Gasteiger partial charge is 0.399 e. The van der Waals surface area contributed by atoms with E-state index in [-0.39, 0.29) is 6.42 Å². The van der Waals surface area contributed by atoms with Crippen molar-refractivity contribution in [3.8, 4) is 0 Å². The van der Waals surface area contributed by atoms with E-state index in [0.29, 0.717) is 12.1 Å².